The number of piperazine rings is 1. The maximum atomic E-state index is 2.86. The lowest BCUT2D eigenvalue weighted by molar-refractivity contribution is -0.0287. The fraction of sp³-hybridized carbons (Fsp3) is 1.00. The van der Waals surface area contributed by atoms with Gasteiger partial charge in [0.1, 0.15) is 0 Å². The molecule has 0 aromatic heterocycles. The Balaban J connectivity index is 1.99. The molecule has 2 saturated heterocycles. The molecule has 2 fully saturated rings. The lowest BCUT2D eigenvalue weighted by Crippen LogP contribution is -2.62. The molecule has 0 aromatic rings. The van der Waals surface area contributed by atoms with E-state index in [1.165, 1.54) is 51.7 Å². The fourth-order valence-electron chi connectivity index (χ4n) is 4.07. The summed E-state index contributed by atoms with van der Waals surface area (Å²) in [4.78, 5) is 5.65. The van der Waals surface area contributed by atoms with Crippen molar-refractivity contribution in [2.45, 2.75) is 84.8 Å². The number of piperidine rings is 1. The second kappa shape index (κ2) is 7.26. The maximum Gasteiger partial charge on any atom is 0.0249 e. The van der Waals surface area contributed by atoms with Crippen molar-refractivity contribution in [2.75, 3.05) is 19.6 Å². The quantitative estimate of drug-likeness (QED) is 0.751. The standard InChI is InChI=1S/C18H36N2/c1-14(2)9-10-16(5)20-12-17-8-6-7-11-19(17)13-18(20)15(3)4/h14-18H,6-13H2,1-5H3. The van der Waals surface area contributed by atoms with Gasteiger partial charge in [0.25, 0.3) is 0 Å². The first-order valence-electron chi connectivity index (χ1n) is 8.98. The minimum absolute atomic E-state index is 0.758. The van der Waals surface area contributed by atoms with Gasteiger partial charge in [0.15, 0.2) is 0 Å². The molecule has 118 valence electrons. The highest BCUT2D eigenvalue weighted by Crippen LogP contribution is 2.29. The van der Waals surface area contributed by atoms with E-state index < -0.39 is 0 Å². The molecule has 2 nitrogen and oxygen atoms in total. The molecule has 0 saturated carbocycles. The first-order valence-corrected chi connectivity index (χ1v) is 8.98. The average Bonchev–Trinajstić information content (AvgIpc) is 2.43. The lowest BCUT2D eigenvalue weighted by Gasteiger charge is -2.52. The summed E-state index contributed by atoms with van der Waals surface area (Å²) < 4.78 is 0. The topological polar surface area (TPSA) is 6.48 Å². The summed E-state index contributed by atoms with van der Waals surface area (Å²) in [6, 6.07) is 2.38. The number of rotatable bonds is 5. The van der Waals surface area contributed by atoms with E-state index in [0.717, 1.165) is 30.0 Å². The smallest absolute Gasteiger partial charge is 0.0249 e. The zero-order valence-corrected chi connectivity index (χ0v) is 14.4. The van der Waals surface area contributed by atoms with Crippen molar-refractivity contribution in [3.8, 4) is 0 Å². The number of fused-ring (bicyclic) bond motifs is 1. The maximum absolute atomic E-state index is 2.86. The van der Waals surface area contributed by atoms with Crippen molar-refractivity contribution in [1.82, 2.24) is 9.80 Å². The molecule has 0 N–H and O–H groups in total. The molecule has 0 bridgehead atoms. The molecule has 2 aliphatic heterocycles. The highest BCUT2D eigenvalue weighted by molar-refractivity contribution is 4.93. The van der Waals surface area contributed by atoms with Crippen LogP contribution in [0.2, 0.25) is 0 Å². The monoisotopic (exact) mass is 280 g/mol. The summed E-state index contributed by atoms with van der Waals surface area (Å²) in [6.07, 6.45) is 7.04. The van der Waals surface area contributed by atoms with Gasteiger partial charge < -0.3 is 0 Å². The molecular weight excluding hydrogens is 244 g/mol. The van der Waals surface area contributed by atoms with E-state index in [4.69, 9.17) is 0 Å². The van der Waals surface area contributed by atoms with Crippen LogP contribution in [-0.2, 0) is 0 Å². The first-order chi connectivity index (χ1) is 9.49. The van der Waals surface area contributed by atoms with Crippen LogP contribution < -0.4 is 0 Å². The van der Waals surface area contributed by atoms with Crippen molar-refractivity contribution in [1.29, 1.82) is 0 Å². The number of hydrogen-bond acceptors (Lipinski definition) is 2. The Morgan fingerprint density at radius 2 is 1.70 bits per heavy atom. The van der Waals surface area contributed by atoms with E-state index in [-0.39, 0.29) is 0 Å². The van der Waals surface area contributed by atoms with Gasteiger partial charge >= 0.3 is 0 Å². The van der Waals surface area contributed by atoms with Crippen LogP contribution in [0.25, 0.3) is 0 Å². The van der Waals surface area contributed by atoms with Gasteiger partial charge in [0.2, 0.25) is 0 Å². The molecule has 3 unspecified atom stereocenters. The van der Waals surface area contributed by atoms with Crippen molar-refractivity contribution >= 4 is 0 Å². The van der Waals surface area contributed by atoms with Crippen LogP contribution in [0.3, 0.4) is 0 Å². The minimum atomic E-state index is 0.758. The van der Waals surface area contributed by atoms with E-state index in [1.54, 1.807) is 0 Å². The predicted octanol–water partition coefficient (Wildman–Crippen LogP) is 4.01. The van der Waals surface area contributed by atoms with E-state index in [0.29, 0.717) is 0 Å². The second-order valence-electron chi connectivity index (χ2n) is 7.97. The van der Waals surface area contributed by atoms with Gasteiger partial charge in [-0.25, -0.2) is 0 Å². The Kier molecular flexibility index (Phi) is 5.92. The Morgan fingerprint density at radius 3 is 2.35 bits per heavy atom. The van der Waals surface area contributed by atoms with E-state index in [9.17, 15) is 0 Å². The van der Waals surface area contributed by atoms with Crippen LogP contribution in [0.1, 0.15) is 66.7 Å². The summed E-state index contributed by atoms with van der Waals surface area (Å²) in [5.41, 5.74) is 0. The van der Waals surface area contributed by atoms with Crippen LogP contribution in [0.4, 0.5) is 0 Å². The highest BCUT2D eigenvalue weighted by Gasteiger charge is 2.37. The summed E-state index contributed by atoms with van der Waals surface area (Å²) in [7, 11) is 0. The molecular formula is C18H36N2. The molecule has 2 heteroatoms. The molecule has 0 aliphatic carbocycles. The van der Waals surface area contributed by atoms with Crippen LogP contribution >= 0.6 is 0 Å². The van der Waals surface area contributed by atoms with Gasteiger partial charge in [0, 0.05) is 31.2 Å². The SMILES string of the molecule is CC(C)CCC(C)N1CC2CCCCN2CC1C(C)C. The largest absolute Gasteiger partial charge is 0.298 e. The molecule has 20 heavy (non-hydrogen) atoms. The summed E-state index contributed by atoms with van der Waals surface area (Å²) in [5.74, 6) is 1.62. The fourth-order valence-corrected chi connectivity index (χ4v) is 4.07. The van der Waals surface area contributed by atoms with Gasteiger partial charge in [-0.2, -0.15) is 0 Å². The lowest BCUT2D eigenvalue weighted by atomic mass is 9.90. The molecule has 3 atom stereocenters. The van der Waals surface area contributed by atoms with Crippen molar-refractivity contribution in [3.05, 3.63) is 0 Å². The third-order valence-corrected chi connectivity index (χ3v) is 5.52. The van der Waals surface area contributed by atoms with Crippen LogP contribution in [-0.4, -0.2) is 47.6 Å². The van der Waals surface area contributed by atoms with Gasteiger partial charge in [-0.1, -0.05) is 34.1 Å². The second-order valence-corrected chi connectivity index (χ2v) is 7.97. The molecule has 2 heterocycles. The van der Waals surface area contributed by atoms with Crippen LogP contribution in [0.5, 0.6) is 0 Å². The van der Waals surface area contributed by atoms with Crippen LogP contribution in [0.15, 0.2) is 0 Å². The molecule has 0 spiro atoms. The van der Waals surface area contributed by atoms with Crippen molar-refractivity contribution in [2.24, 2.45) is 11.8 Å². The zero-order valence-electron chi connectivity index (χ0n) is 14.4. The third kappa shape index (κ3) is 3.98. The molecule has 0 aromatic carbocycles. The minimum Gasteiger partial charge on any atom is -0.298 e. The van der Waals surface area contributed by atoms with E-state index in [2.05, 4.69) is 44.4 Å². The zero-order chi connectivity index (χ0) is 14.7. The van der Waals surface area contributed by atoms with Crippen molar-refractivity contribution in [3.63, 3.8) is 0 Å². The van der Waals surface area contributed by atoms with Gasteiger partial charge in [0.05, 0.1) is 0 Å². The van der Waals surface area contributed by atoms with Crippen molar-refractivity contribution < 1.29 is 0 Å². The Bertz CT molecular complexity index is 287. The molecule has 0 amide bonds. The van der Waals surface area contributed by atoms with Gasteiger partial charge in [-0.3, -0.25) is 9.80 Å². The average molecular weight is 280 g/mol. The van der Waals surface area contributed by atoms with Gasteiger partial charge in [-0.05, 0) is 51.0 Å². The molecule has 2 aliphatic rings. The third-order valence-electron chi connectivity index (χ3n) is 5.52. The predicted molar refractivity (Wildman–Crippen MR) is 88.1 cm³/mol. The molecule has 0 radical (unpaired) electrons. The Morgan fingerprint density at radius 1 is 0.950 bits per heavy atom. The molecule has 2 rings (SSSR count). The summed E-state index contributed by atoms with van der Waals surface area (Å²) in [5, 5.41) is 0. The highest BCUT2D eigenvalue weighted by atomic mass is 15.3. The summed E-state index contributed by atoms with van der Waals surface area (Å²) in [6.45, 7) is 16.0. The first kappa shape index (κ1) is 16.3. The number of nitrogens with zero attached hydrogens (tertiary/aromatic N) is 2. The summed E-state index contributed by atoms with van der Waals surface area (Å²) >= 11 is 0. The van der Waals surface area contributed by atoms with Gasteiger partial charge in [-0.15, -0.1) is 0 Å². The Labute approximate surface area is 126 Å². The van der Waals surface area contributed by atoms with E-state index in [1.807, 2.05) is 0 Å². The normalized spacial score (nSPS) is 30.8. The Hall–Kier alpha value is -0.0800. The van der Waals surface area contributed by atoms with E-state index >= 15 is 0 Å². The number of hydrogen-bond donors (Lipinski definition) is 0. The van der Waals surface area contributed by atoms with Crippen LogP contribution in [0, 0.1) is 11.8 Å².